The first-order valence-electron chi connectivity index (χ1n) is 8.32. The van der Waals surface area contributed by atoms with Crippen molar-refractivity contribution in [3.63, 3.8) is 0 Å². The second-order valence-corrected chi connectivity index (χ2v) is 7.94. The Morgan fingerprint density at radius 2 is 0.710 bits per heavy atom. The topological polar surface area (TPSA) is 236 Å². The molecule has 0 aliphatic rings. The summed E-state index contributed by atoms with van der Waals surface area (Å²) in [6.07, 6.45) is 0. The third-order valence-electron chi connectivity index (χ3n) is 3.22. The molecule has 0 saturated carbocycles. The molecule has 12 nitrogen and oxygen atoms in total. The van der Waals surface area contributed by atoms with Crippen molar-refractivity contribution in [1.29, 1.82) is 0 Å². The lowest BCUT2D eigenvalue weighted by molar-refractivity contribution is -0.0328. The summed E-state index contributed by atoms with van der Waals surface area (Å²) in [4.78, 5) is 43.1. The van der Waals surface area contributed by atoms with Crippen LogP contribution >= 0.6 is 15.6 Å². The van der Waals surface area contributed by atoms with Gasteiger partial charge >= 0.3 is 15.6 Å². The molecule has 0 unspecified atom stereocenters. The lowest BCUT2D eigenvalue weighted by atomic mass is 9.93. The average Bonchev–Trinajstić information content (AvgIpc) is 2.70. The maximum Gasteiger partial charge on any atom is 0.466 e. The highest BCUT2D eigenvalue weighted by Gasteiger charge is 2.26. The van der Waals surface area contributed by atoms with Gasteiger partial charge in [0.15, 0.2) is 0 Å². The molecule has 0 heterocycles. The van der Waals surface area contributed by atoms with Gasteiger partial charge in [0.05, 0.1) is 31.8 Å². The van der Waals surface area contributed by atoms with Gasteiger partial charge in [-0.25, -0.2) is 9.13 Å². The molecule has 0 fully saturated rings. The second kappa shape index (κ2) is 16.2. The summed E-state index contributed by atoms with van der Waals surface area (Å²) in [5, 5.41) is 34.0. The summed E-state index contributed by atoms with van der Waals surface area (Å²) < 4.78 is 17.8. The van der Waals surface area contributed by atoms with Gasteiger partial charge in [0.1, 0.15) is 0 Å². The molecule has 2 aromatic carbocycles. The minimum atomic E-state index is -4.64. The Bertz CT molecular complexity index is 681. The standard InChI is InChI=1S/C12H10.C5H12O4.2H3O4P/c1-3-7-11(8-4-1)12-9-5-2-6-10-12;6-1-5(2-7,3-8)4-9;2*1-5(2,3)4/h1-10H;6-9H,1-4H2;2*(H3,1,2,3,4). The monoisotopic (exact) mass is 486 g/mol. The highest BCUT2D eigenvalue weighted by molar-refractivity contribution is 7.45. The summed E-state index contributed by atoms with van der Waals surface area (Å²) in [6, 6.07) is 20.8. The third kappa shape index (κ3) is 21.5. The number of rotatable bonds is 5. The molecule has 2 rings (SSSR count). The second-order valence-electron chi connectivity index (χ2n) is 5.89. The zero-order valence-corrected chi connectivity index (χ0v) is 18.1. The predicted molar refractivity (Wildman–Crippen MR) is 111 cm³/mol. The maximum absolute atomic E-state index is 8.88. The smallest absolute Gasteiger partial charge is 0.396 e. The Balaban J connectivity index is 0. The summed E-state index contributed by atoms with van der Waals surface area (Å²) >= 11 is 0. The van der Waals surface area contributed by atoms with Crippen molar-refractivity contribution in [2.75, 3.05) is 26.4 Å². The quantitative estimate of drug-likeness (QED) is 0.239. The van der Waals surface area contributed by atoms with E-state index in [0.717, 1.165) is 0 Å². The van der Waals surface area contributed by atoms with Crippen LogP contribution in [0.15, 0.2) is 60.7 Å². The number of phosphoric acid groups is 2. The first-order chi connectivity index (χ1) is 14.2. The number of hydrogen-bond acceptors (Lipinski definition) is 6. The minimum absolute atomic E-state index is 0.406. The molecule has 0 radical (unpaired) electrons. The number of benzene rings is 2. The van der Waals surface area contributed by atoms with E-state index in [1.807, 2.05) is 12.1 Å². The molecular formula is C17H28O12P2. The van der Waals surface area contributed by atoms with Crippen molar-refractivity contribution in [3.8, 4) is 11.1 Å². The third-order valence-corrected chi connectivity index (χ3v) is 3.22. The van der Waals surface area contributed by atoms with Gasteiger partial charge in [-0.2, -0.15) is 0 Å². The van der Waals surface area contributed by atoms with E-state index in [1.165, 1.54) is 11.1 Å². The molecular weight excluding hydrogens is 458 g/mol. The molecule has 2 aromatic rings. The summed E-state index contributed by atoms with van der Waals surface area (Å²) in [5.74, 6) is 0. The van der Waals surface area contributed by atoms with Crippen LogP contribution in [0, 0.1) is 5.41 Å². The van der Waals surface area contributed by atoms with E-state index in [0.29, 0.717) is 0 Å². The molecule has 0 spiro atoms. The van der Waals surface area contributed by atoms with Gasteiger partial charge in [-0.05, 0) is 11.1 Å². The van der Waals surface area contributed by atoms with E-state index < -0.39 is 47.5 Å². The van der Waals surface area contributed by atoms with Crippen LogP contribution in [0.4, 0.5) is 0 Å². The minimum Gasteiger partial charge on any atom is -0.396 e. The molecule has 0 amide bonds. The van der Waals surface area contributed by atoms with Crippen LogP contribution < -0.4 is 0 Å². The van der Waals surface area contributed by atoms with Crippen LogP contribution in [0.25, 0.3) is 11.1 Å². The van der Waals surface area contributed by atoms with Gasteiger partial charge in [-0.1, -0.05) is 60.7 Å². The Hall–Kier alpha value is -1.50. The lowest BCUT2D eigenvalue weighted by Gasteiger charge is -2.23. The molecule has 0 saturated heterocycles. The first-order valence-corrected chi connectivity index (χ1v) is 11.4. The van der Waals surface area contributed by atoms with E-state index in [1.54, 1.807) is 0 Å². The van der Waals surface area contributed by atoms with E-state index in [4.69, 9.17) is 58.9 Å². The van der Waals surface area contributed by atoms with Crippen LogP contribution in [0.1, 0.15) is 0 Å². The van der Waals surface area contributed by atoms with Crippen molar-refractivity contribution in [2.45, 2.75) is 0 Å². The van der Waals surface area contributed by atoms with Gasteiger partial charge in [-0.3, -0.25) is 0 Å². The van der Waals surface area contributed by atoms with Crippen LogP contribution in [0.3, 0.4) is 0 Å². The fourth-order valence-electron chi connectivity index (χ4n) is 1.56. The normalized spacial score (nSPS) is 11.0. The fourth-order valence-corrected chi connectivity index (χ4v) is 1.56. The van der Waals surface area contributed by atoms with Gasteiger partial charge in [0, 0.05) is 0 Å². The van der Waals surface area contributed by atoms with Crippen molar-refractivity contribution < 1.29 is 58.9 Å². The van der Waals surface area contributed by atoms with Gasteiger partial charge in [0.2, 0.25) is 0 Å². The van der Waals surface area contributed by atoms with Crippen LogP contribution in [0.2, 0.25) is 0 Å². The Labute approximate surface area is 178 Å². The lowest BCUT2D eigenvalue weighted by Crippen LogP contribution is -2.37. The zero-order chi connectivity index (χ0) is 24.6. The average molecular weight is 486 g/mol. The highest BCUT2D eigenvalue weighted by atomic mass is 31.2. The van der Waals surface area contributed by atoms with E-state index in [-0.39, 0.29) is 0 Å². The summed E-state index contributed by atoms with van der Waals surface area (Å²) in [7, 11) is -9.28. The Morgan fingerprint density at radius 3 is 0.839 bits per heavy atom. The van der Waals surface area contributed by atoms with Crippen molar-refractivity contribution in [1.82, 2.24) is 0 Å². The van der Waals surface area contributed by atoms with Crippen LogP contribution in [-0.4, -0.2) is 76.2 Å². The molecule has 10 N–H and O–H groups in total. The van der Waals surface area contributed by atoms with E-state index in [9.17, 15) is 0 Å². The number of aliphatic hydroxyl groups is 4. The van der Waals surface area contributed by atoms with Gasteiger partial charge < -0.3 is 49.8 Å². The Morgan fingerprint density at radius 1 is 0.516 bits per heavy atom. The molecule has 178 valence electrons. The van der Waals surface area contributed by atoms with Crippen molar-refractivity contribution in [2.24, 2.45) is 5.41 Å². The van der Waals surface area contributed by atoms with E-state index in [2.05, 4.69) is 48.5 Å². The number of hydrogen-bond donors (Lipinski definition) is 10. The SMILES string of the molecule is O=P(O)(O)O.O=P(O)(O)O.OCC(CO)(CO)CO.c1ccc(-c2ccccc2)cc1. The first kappa shape index (κ1) is 31.7. The molecule has 0 atom stereocenters. The van der Waals surface area contributed by atoms with Crippen LogP contribution in [0.5, 0.6) is 0 Å². The van der Waals surface area contributed by atoms with Gasteiger partial charge in [0.25, 0.3) is 0 Å². The van der Waals surface area contributed by atoms with Crippen LogP contribution in [-0.2, 0) is 9.13 Å². The maximum atomic E-state index is 8.88. The van der Waals surface area contributed by atoms with Gasteiger partial charge in [-0.15, -0.1) is 0 Å². The highest BCUT2D eigenvalue weighted by Crippen LogP contribution is 2.26. The van der Waals surface area contributed by atoms with Crippen molar-refractivity contribution in [3.05, 3.63) is 60.7 Å². The molecule has 0 aliphatic carbocycles. The molecule has 31 heavy (non-hydrogen) atoms. The molecule has 0 aromatic heterocycles. The molecule has 0 bridgehead atoms. The number of aliphatic hydroxyl groups excluding tert-OH is 4. The fraction of sp³-hybridized carbons (Fsp3) is 0.294. The largest absolute Gasteiger partial charge is 0.466 e. The summed E-state index contributed by atoms with van der Waals surface area (Å²) in [6.45, 7) is -1.62. The summed E-state index contributed by atoms with van der Waals surface area (Å²) in [5.41, 5.74) is 1.44. The zero-order valence-electron chi connectivity index (χ0n) is 16.3. The molecule has 14 heteroatoms. The Kier molecular flexibility index (Phi) is 16.5. The van der Waals surface area contributed by atoms with Crippen molar-refractivity contribution >= 4 is 15.6 Å². The van der Waals surface area contributed by atoms with E-state index >= 15 is 0 Å². The molecule has 0 aliphatic heterocycles. The predicted octanol–water partition coefficient (Wildman–Crippen LogP) is -0.562.